The maximum atomic E-state index is 13.4. The third-order valence-electron chi connectivity index (χ3n) is 5.32. The lowest BCUT2D eigenvalue weighted by Crippen LogP contribution is -2.24. The predicted octanol–water partition coefficient (Wildman–Crippen LogP) is 5.37. The molecule has 0 bridgehead atoms. The topological polar surface area (TPSA) is 52.2 Å². The highest BCUT2D eigenvalue weighted by atomic mass is 35.5. The Morgan fingerprint density at radius 3 is 2.56 bits per heavy atom. The van der Waals surface area contributed by atoms with E-state index in [2.05, 4.69) is 10.2 Å². The highest BCUT2D eigenvalue weighted by Crippen LogP contribution is 2.28. The lowest BCUT2D eigenvalue weighted by atomic mass is 10.1. The minimum atomic E-state index is -0.370. The zero-order chi connectivity index (χ0) is 22.1. The van der Waals surface area contributed by atoms with Gasteiger partial charge in [-0.05, 0) is 41.8 Å². The first-order chi connectivity index (χ1) is 15.6. The second kappa shape index (κ2) is 8.76. The van der Waals surface area contributed by atoms with E-state index >= 15 is 0 Å². The predicted molar refractivity (Wildman–Crippen MR) is 126 cm³/mol. The fourth-order valence-electron chi connectivity index (χ4n) is 3.70. The maximum Gasteiger partial charge on any atom is 0.262 e. The quantitative estimate of drug-likeness (QED) is 0.317. The minimum Gasteiger partial charge on any atom is -0.276 e. The average Bonchev–Trinajstić information content (AvgIpc) is 3.23. The molecule has 0 fully saturated rings. The fourth-order valence-corrected chi connectivity index (χ4v) is 4.95. The molecular weight excluding hydrogens is 447 g/mol. The van der Waals surface area contributed by atoms with E-state index in [1.54, 1.807) is 10.6 Å². The first-order valence-electron chi connectivity index (χ1n) is 10.1. The van der Waals surface area contributed by atoms with Gasteiger partial charge in [0.05, 0.1) is 10.9 Å². The van der Waals surface area contributed by atoms with Gasteiger partial charge in [-0.1, -0.05) is 71.9 Å². The van der Waals surface area contributed by atoms with E-state index in [-0.39, 0.29) is 11.4 Å². The number of hydrogen-bond acceptors (Lipinski definition) is 4. The molecule has 8 heteroatoms. The van der Waals surface area contributed by atoms with Gasteiger partial charge in [0.25, 0.3) is 5.56 Å². The second-order valence-corrected chi connectivity index (χ2v) is 8.70. The number of hydrogen-bond donors (Lipinski definition) is 0. The Labute approximate surface area is 192 Å². The van der Waals surface area contributed by atoms with Crippen molar-refractivity contribution in [1.82, 2.24) is 19.2 Å². The van der Waals surface area contributed by atoms with Crippen LogP contribution >= 0.6 is 23.4 Å². The van der Waals surface area contributed by atoms with Crippen LogP contribution in [0, 0.1) is 5.82 Å². The Morgan fingerprint density at radius 2 is 1.75 bits per heavy atom. The number of para-hydroxylation sites is 1. The Hall–Kier alpha value is -3.16. The Kier molecular flexibility index (Phi) is 5.68. The summed E-state index contributed by atoms with van der Waals surface area (Å²) in [5, 5.41) is 10.3. The summed E-state index contributed by atoms with van der Waals surface area (Å²) in [6, 6.07) is 21.8. The van der Waals surface area contributed by atoms with Gasteiger partial charge < -0.3 is 0 Å². The minimum absolute atomic E-state index is 0.0884. The highest BCUT2D eigenvalue weighted by Gasteiger charge is 2.17. The molecule has 5 nitrogen and oxygen atoms in total. The van der Waals surface area contributed by atoms with Gasteiger partial charge >= 0.3 is 0 Å². The molecule has 0 aliphatic rings. The number of rotatable bonds is 6. The summed E-state index contributed by atoms with van der Waals surface area (Å²) in [5.41, 5.74) is 2.61. The van der Waals surface area contributed by atoms with Gasteiger partial charge in [0, 0.05) is 17.3 Å². The number of benzene rings is 3. The van der Waals surface area contributed by atoms with E-state index in [0.29, 0.717) is 40.1 Å². The summed E-state index contributed by atoms with van der Waals surface area (Å²) in [4.78, 5) is 13.3. The summed E-state index contributed by atoms with van der Waals surface area (Å²) < 4.78 is 17.0. The van der Waals surface area contributed by atoms with Crippen LogP contribution < -0.4 is 5.56 Å². The fraction of sp³-hybridized carbons (Fsp3) is 0.125. The maximum absolute atomic E-state index is 13.4. The van der Waals surface area contributed by atoms with Crippen molar-refractivity contribution >= 4 is 40.0 Å². The molecular formula is C24H18ClFN4OS. The molecule has 0 saturated heterocycles. The lowest BCUT2D eigenvalue weighted by Gasteiger charge is -2.11. The van der Waals surface area contributed by atoms with Crippen LogP contribution in [0.15, 0.2) is 82.7 Å². The summed E-state index contributed by atoms with van der Waals surface area (Å²) in [5.74, 6) is 0.625. The van der Waals surface area contributed by atoms with E-state index in [1.165, 1.54) is 23.9 Å². The molecule has 5 rings (SSSR count). The van der Waals surface area contributed by atoms with Gasteiger partial charge in [0.15, 0.2) is 5.16 Å². The van der Waals surface area contributed by atoms with Crippen LogP contribution in [0.4, 0.5) is 4.39 Å². The Balaban J connectivity index is 1.56. The molecule has 0 N–H and O–H groups in total. The van der Waals surface area contributed by atoms with Crippen LogP contribution in [0.25, 0.3) is 16.7 Å². The van der Waals surface area contributed by atoms with Gasteiger partial charge in [-0.3, -0.25) is 13.8 Å². The van der Waals surface area contributed by atoms with E-state index < -0.39 is 0 Å². The standard InChI is InChI=1S/C24H18ClFN4OS/c25-20-14-18(26)11-10-17(20)15-32-24-28-27-23-29(13-12-16-6-2-1-3-7-16)22(31)19-8-4-5-9-21(19)30(23)24/h1-11,14H,12-13,15H2. The van der Waals surface area contributed by atoms with Crippen molar-refractivity contribution < 1.29 is 4.39 Å². The first kappa shape index (κ1) is 20.7. The third kappa shape index (κ3) is 3.89. The highest BCUT2D eigenvalue weighted by molar-refractivity contribution is 7.98. The average molecular weight is 465 g/mol. The number of thioether (sulfide) groups is 1. The zero-order valence-electron chi connectivity index (χ0n) is 16.9. The molecule has 0 atom stereocenters. The van der Waals surface area contributed by atoms with Crippen molar-refractivity contribution in [2.45, 2.75) is 23.9 Å². The molecule has 5 aromatic rings. The SMILES string of the molecule is O=c1c2ccccc2n2c(SCc3ccc(F)cc3Cl)nnc2n1CCc1ccccc1. The number of nitrogens with zero attached hydrogens (tertiary/aromatic N) is 4. The molecule has 0 aliphatic heterocycles. The summed E-state index contributed by atoms with van der Waals surface area (Å²) in [6.07, 6.45) is 0.704. The van der Waals surface area contributed by atoms with Gasteiger partial charge in [0.2, 0.25) is 5.78 Å². The van der Waals surface area contributed by atoms with Crippen LogP contribution in [0.5, 0.6) is 0 Å². The summed E-state index contributed by atoms with van der Waals surface area (Å²) in [6.45, 7) is 0.490. The molecule has 0 spiro atoms. The Morgan fingerprint density at radius 1 is 0.969 bits per heavy atom. The number of fused-ring (bicyclic) bond motifs is 3. The lowest BCUT2D eigenvalue weighted by molar-refractivity contribution is 0.627. The van der Waals surface area contributed by atoms with Crippen molar-refractivity contribution in [3.8, 4) is 0 Å². The smallest absolute Gasteiger partial charge is 0.262 e. The van der Waals surface area contributed by atoms with Crippen molar-refractivity contribution in [2.75, 3.05) is 0 Å². The first-order valence-corrected chi connectivity index (χ1v) is 11.5. The van der Waals surface area contributed by atoms with Crippen LogP contribution in [0.2, 0.25) is 5.02 Å². The molecule has 0 amide bonds. The van der Waals surface area contributed by atoms with Crippen molar-refractivity contribution in [1.29, 1.82) is 0 Å². The van der Waals surface area contributed by atoms with Crippen LogP contribution in [-0.2, 0) is 18.7 Å². The Bertz CT molecular complexity index is 1480. The molecule has 0 saturated carbocycles. The molecule has 0 radical (unpaired) electrons. The molecule has 3 aromatic carbocycles. The van der Waals surface area contributed by atoms with E-state index in [4.69, 9.17) is 11.6 Å². The van der Waals surface area contributed by atoms with Crippen molar-refractivity contribution in [3.05, 3.63) is 105 Å². The van der Waals surface area contributed by atoms with Crippen molar-refractivity contribution in [2.24, 2.45) is 0 Å². The van der Waals surface area contributed by atoms with Gasteiger partial charge in [-0.15, -0.1) is 10.2 Å². The normalized spacial score (nSPS) is 11.4. The van der Waals surface area contributed by atoms with Crippen LogP contribution in [0.1, 0.15) is 11.1 Å². The van der Waals surface area contributed by atoms with Gasteiger partial charge in [0.1, 0.15) is 5.82 Å². The van der Waals surface area contributed by atoms with Gasteiger partial charge in [-0.2, -0.15) is 0 Å². The molecule has 0 unspecified atom stereocenters. The molecule has 2 heterocycles. The summed E-state index contributed by atoms with van der Waals surface area (Å²) >= 11 is 7.63. The number of aryl methyl sites for hydroxylation is 2. The third-order valence-corrected chi connectivity index (χ3v) is 6.65. The number of halogens is 2. The van der Waals surface area contributed by atoms with E-state index in [9.17, 15) is 9.18 Å². The summed E-state index contributed by atoms with van der Waals surface area (Å²) in [7, 11) is 0. The largest absolute Gasteiger partial charge is 0.276 e. The second-order valence-electron chi connectivity index (χ2n) is 7.35. The monoisotopic (exact) mass is 464 g/mol. The molecule has 32 heavy (non-hydrogen) atoms. The van der Waals surface area contributed by atoms with Gasteiger partial charge in [-0.25, -0.2) is 4.39 Å². The zero-order valence-corrected chi connectivity index (χ0v) is 18.5. The van der Waals surface area contributed by atoms with E-state index in [0.717, 1.165) is 16.6 Å². The van der Waals surface area contributed by atoms with Crippen LogP contribution in [-0.4, -0.2) is 19.2 Å². The molecule has 0 aliphatic carbocycles. The molecule has 2 aromatic heterocycles. The van der Waals surface area contributed by atoms with Crippen molar-refractivity contribution in [3.63, 3.8) is 0 Å². The van der Waals surface area contributed by atoms with Crippen LogP contribution in [0.3, 0.4) is 0 Å². The molecule has 160 valence electrons. The van der Waals surface area contributed by atoms with E-state index in [1.807, 2.05) is 59.0 Å². The number of aromatic nitrogens is 4.